The van der Waals surface area contributed by atoms with Gasteiger partial charge in [-0.25, -0.2) is 0 Å². The van der Waals surface area contributed by atoms with Crippen molar-refractivity contribution in [1.82, 2.24) is 0 Å². The van der Waals surface area contributed by atoms with Gasteiger partial charge in [-0.05, 0) is 0 Å². The Bertz CT molecular complexity index is 27.0. The lowest BCUT2D eigenvalue weighted by Gasteiger charge is -1.59. The van der Waals surface area contributed by atoms with Gasteiger partial charge in [0.2, 0.25) is 0 Å². The number of rotatable bonds is 0. The van der Waals surface area contributed by atoms with Crippen molar-refractivity contribution in [1.29, 1.82) is 0 Å². The Hall–Kier alpha value is -0.530. The third-order valence-electron chi connectivity index (χ3n) is 0. The van der Waals surface area contributed by atoms with E-state index in [0.717, 1.165) is 6.92 Å². The Balaban J connectivity index is 2.80. The van der Waals surface area contributed by atoms with Crippen LogP contribution in [0.25, 0.3) is 0 Å². The number of carbonyl (C=O) groups is 1. The minimum Gasteiger partial charge on any atom is -0.481 e. The molecule has 0 saturated heterocycles. The number of aliphatic carboxylic acids is 1. The molecule has 0 spiro atoms. The van der Waals surface area contributed by atoms with Crippen LogP contribution in [0.3, 0.4) is 0 Å². The Kier molecular flexibility index (Phi) is 0.759. The molecule has 0 bridgehead atoms. The molecule has 0 aliphatic heterocycles. The van der Waals surface area contributed by atoms with Gasteiger partial charge >= 0.3 is 0 Å². The van der Waals surface area contributed by atoms with Crippen LogP contribution in [0.5, 0.6) is 0 Å². The van der Waals surface area contributed by atoms with Crippen molar-refractivity contribution in [2.24, 2.45) is 0 Å². The molecule has 0 unspecified atom stereocenters. The zero-order valence-corrected chi connectivity index (χ0v) is 2.36. The van der Waals surface area contributed by atoms with E-state index in [-0.39, 0.29) is 0 Å². The number of carboxylic acid groups (broad SMARTS) is 1. The molecule has 0 aliphatic carbocycles. The Morgan fingerprint density at radius 1 is 2.00 bits per heavy atom. The van der Waals surface area contributed by atoms with E-state index in [2.05, 4.69) is 0 Å². The van der Waals surface area contributed by atoms with Crippen molar-refractivity contribution >= 4 is 5.97 Å². The van der Waals surface area contributed by atoms with E-state index in [0.29, 0.717) is 0 Å². The predicted octanol–water partition coefficient (Wildman–Crippen LogP) is 0.0909. The summed E-state index contributed by atoms with van der Waals surface area (Å²) in [5.41, 5.74) is 0. The van der Waals surface area contributed by atoms with Crippen LogP contribution in [-0.2, 0) is 4.79 Å². The molecule has 0 heterocycles. The lowest BCUT2D eigenvalue weighted by Crippen LogP contribution is -1.78. The maximum atomic E-state index is 9.00. The molecule has 2 heteroatoms. The fourth-order valence-corrected chi connectivity index (χ4v) is 0. The second kappa shape index (κ2) is 0.875. The summed E-state index contributed by atoms with van der Waals surface area (Å²) in [5, 5.41) is 7.42. The molecule has 0 fully saturated rings. The van der Waals surface area contributed by atoms with E-state index in [9.17, 15) is 0 Å². The molecule has 0 rings (SSSR count). The fraction of sp³-hybridized carbons (Fsp3) is 0.500. The molecular weight excluding hydrogens is 54.0 g/mol. The van der Waals surface area contributed by atoms with E-state index in [4.69, 9.17) is 9.90 Å². The van der Waals surface area contributed by atoms with Gasteiger partial charge in [-0.15, -0.1) is 0 Å². The van der Waals surface area contributed by atoms with Crippen LogP contribution in [0.1, 0.15) is 6.92 Å². The van der Waals surface area contributed by atoms with Crippen molar-refractivity contribution in [3.8, 4) is 0 Å². The molecule has 0 aromatic carbocycles. The van der Waals surface area contributed by atoms with Crippen LogP contribution in [0.2, 0.25) is 0 Å². The summed E-state index contributed by atoms with van der Waals surface area (Å²) in [7, 11) is 0. The molecule has 0 aromatic heterocycles. The molecular formula is C2H4O2. The zero-order valence-electron chi connectivity index (χ0n) is 2.36. The van der Waals surface area contributed by atoms with Crippen molar-refractivity contribution in [3.05, 3.63) is 0 Å². The van der Waals surface area contributed by atoms with Crippen molar-refractivity contribution in [3.63, 3.8) is 0 Å². The number of hydrogen-bond acceptors (Lipinski definition) is 1. The third-order valence-corrected chi connectivity index (χ3v) is 0. The molecule has 0 aromatic rings. The first kappa shape index (κ1) is 3.47. The summed E-state index contributed by atoms with van der Waals surface area (Å²) in [4.78, 5) is 9.00. The van der Waals surface area contributed by atoms with E-state index in [1.807, 2.05) is 0 Å². The van der Waals surface area contributed by atoms with Crippen molar-refractivity contribution in [2.75, 3.05) is 0 Å². The van der Waals surface area contributed by atoms with Crippen LogP contribution in [0, 0.1) is 0 Å². The van der Waals surface area contributed by atoms with E-state index >= 15 is 0 Å². The first-order valence-electron chi connectivity index (χ1n) is 0.928. The smallest absolute Gasteiger partial charge is 0.300 e. The average molecular weight is 58.1 g/mol. The molecule has 0 saturated carbocycles. The highest BCUT2D eigenvalue weighted by Crippen LogP contribution is 1.42. The standard InChI is InChI=1S/C2H4O2/c1-2(3)4/h1H3,(H,3,4)/i1-1,2-1. The van der Waals surface area contributed by atoms with Crippen molar-refractivity contribution in [2.45, 2.75) is 6.92 Å². The van der Waals surface area contributed by atoms with Gasteiger partial charge in [0.05, 0.1) is 0 Å². The number of hydrogen-bond donors (Lipinski definition) is 1. The maximum Gasteiger partial charge on any atom is 0.300 e. The average Bonchev–Trinajstić information content (AvgIpc) is 0.811. The first-order chi connectivity index (χ1) is 1.73. The van der Waals surface area contributed by atoms with Gasteiger partial charge in [-0.3, -0.25) is 4.79 Å². The quantitative estimate of drug-likeness (QED) is 0.428. The van der Waals surface area contributed by atoms with Crippen molar-refractivity contribution < 1.29 is 9.90 Å². The van der Waals surface area contributed by atoms with Gasteiger partial charge < -0.3 is 5.11 Å². The molecule has 0 aliphatic rings. The molecule has 2 nitrogen and oxygen atoms in total. The molecule has 0 atom stereocenters. The van der Waals surface area contributed by atoms with E-state index < -0.39 is 5.97 Å². The van der Waals surface area contributed by atoms with Crippen LogP contribution in [-0.4, -0.2) is 11.1 Å². The summed E-state index contributed by atoms with van der Waals surface area (Å²) in [5.74, 6) is -0.833. The lowest BCUT2D eigenvalue weighted by atomic mass is 9.88. The van der Waals surface area contributed by atoms with E-state index in [1.165, 1.54) is 0 Å². The monoisotopic (exact) mass is 58.0 g/mol. The maximum absolute atomic E-state index is 9.00. The highest BCUT2D eigenvalue weighted by atomic mass is 16.3. The highest BCUT2D eigenvalue weighted by molar-refractivity contribution is 5.62. The molecule has 24 valence electrons. The van der Waals surface area contributed by atoms with E-state index in [1.54, 1.807) is 0 Å². The van der Waals surface area contributed by atoms with Crippen LogP contribution in [0.4, 0.5) is 0 Å². The Labute approximate surface area is 24.1 Å². The summed E-state index contributed by atoms with van der Waals surface area (Å²) in [6.45, 7) is 1.08. The summed E-state index contributed by atoms with van der Waals surface area (Å²) >= 11 is 0. The normalized spacial score (nSPS) is 6.25. The predicted molar refractivity (Wildman–Crippen MR) is 13.3 cm³/mol. The minimum absolute atomic E-state index is 0.833. The summed E-state index contributed by atoms with van der Waals surface area (Å²) in [6.07, 6.45) is 0. The molecule has 0 radical (unpaired) electrons. The van der Waals surface area contributed by atoms with Gasteiger partial charge in [0.1, 0.15) is 0 Å². The van der Waals surface area contributed by atoms with Gasteiger partial charge in [-0.2, -0.15) is 0 Å². The number of carboxylic acids is 1. The Morgan fingerprint density at radius 2 is 2.00 bits per heavy atom. The van der Waals surface area contributed by atoms with Gasteiger partial charge in [-0.1, -0.05) is 0 Å². The fourth-order valence-electron chi connectivity index (χ4n) is 0. The molecule has 4 heavy (non-hydrogen) atoms. The second-order valence-electron chi connectivity index (χ2n) is 0.519. The molecule has 1 N–H and O–H groups in total. The van der Waals surface area contributed by atoms with Crippen LogP contribution in [0.15, 0.2) is 0 Å². The largest absolute Gasteiger partial charge is 0.481 e. The van der Waals surface area contributed by atoms with Gasteiger partial charge in [0.25, 0.3) is 5.97 Å². The van der Waals surface area contributed by atoms with Crippen LogP contribution < -0.4 is 0 Å². The summed E-state index contributed by atoms with van der Waals surface area (Å²) < 4.78 is 0. The Morgan fingerprint density at radius 3 is 2.00 bits per heavy atom. The lowest BCUT2D eigenvalue weighted by molar-refractivity contribution is -0.134. The SMILES string of the molecule is [11CH3][11C](=O)O. The van der Waals surface area contributed by atoms with Crippen LogP contribution >= 0.6 is 0 Å². The zero-order chi connectivity index (χ0) is 3.58. The third kappa shape index (κ3) is 1.16. The van der Waals surface area contributed by atoms with Gasteiger partial charge in [0, 0.05) is 6.92 Å². The molecule has 0 amide bonds. The summed E-state index contributed by atoms with van der Waals surface area (Å²) in [6, 6.07) is 0. The first-order valence-corrected chi connectivity index (χ1v) is 0.928. The topological polar surface area (TPSA) is 37.3 Å². The highest BCUT2D eigenvalue weighted by Gasteiger charge is 1.65. The second-order valence-corrected chi connectivity index (χ2v) is 0.519. The van der Waals surface area contributed by atoms with Gasteiger partial charge in [0.15, 0.2) is 0 Å². The minimum atomic E-state index is -0.833.